The van der Waals surface area contributed by atoms with Crippen molar-refractivity contribution in [1.29, 1.82) is 0 Å². The summed E-state index contributed by atoms with van der Waals surface area (Å²) in [4.78, 5) is 12.5. The van der Waals surface area contributed by atoms with Crippen LogP contribution in [0.2, 0.25) is 0 Å². The lowest BCUT2D eigenvalue weighted by atomic mass is 9.95. The first-order valence-electron chi connectivity index (χ1n) is 5.67. The summed E-state index contributed by atoms with van der Waals surface area (Å²) in [6, 6.07) is 0.175. The molecule has 94 valence electrons. The van der Waals surface area contributed by atoms with Crippen molar-refractivity contribution in [1.82, 2.24) is 9.78 Å². The third-order valence-corrected chi connectivity index (χ3v) is 3.26. The summed E-state index contributed by atoms with van der Waals surface area (Å²) in [6.07, 6.45) is 2.28. The van der Waals surface area contributed by atoms with Crippen LogP contribution in [-0.2, 0) is 7.05 Å². The summed E-state index contributed by atoms with van der Waals surface area (Å²) in [5.74, 6) is 0.779. The van der Waals surface area contributed by atoms with E-state index in [1.807, 2.05) is 4.90 Å². The predicted molar refractivity (Wildman–Crippen MR) is 63.8 cm³/mol. The van der Waals surface area contributed by atoms with E-state index in [-0.39, 0.29) is 16.7 Å². The first-order valence-corrected chi connectivity index (χ1v) is 5.67. The van der Waals surface area contributed by atoms with Gasteiger partial charge in [0.1, 0.15) is 6.20 Å². The molecule has 2 heterocycles. The lowest BCUT2D eigenvalue weighted by molar-refractivity contribution is -0.384. The number of aryl methyl sites for hydroxylation is 1. The molecular weight excluding hydrogens is 222 g/mol. The number of nitrogens with two attached hydrogens (primary N) is 1. The van der Waals surface area contributed by atoms with Crippen LogP contribution in [-0.4, -0.2) is 33.8 Å². The molecule has 1 aliphatic rings. The average molecular weight is 239 g/mol. The number of piperidine rings is 1. The smallest absolute Gasteiger partial charge is 0.330 e. The van der Waals surface area contributed by atoms with Crippen LogP contribution in [0.15, 0.2) is 6.20 Å². The van der Waals surface area contributed by atoms with Gasteiger partial charge in [-0.05, 0) is 12.3 Å². The molecule has 7 heteroatoms. The number of hydrogen-bond acceptors (Lipinski definition) is 5. The monoisotopic (exact) mass is 239 g/mol. The van der Waals surface area contributed by atoms with Gasteiger partial charge in [-0.25, -0.2) is 0 Å². The van der Waals surface area contributed by atoms with Gasteiger partial charge in [0.25, 0.3) is 0 Å². The first kappa shape index (κ1) is 11.8. The van der Waals surface area contributed by atoms with Gasteiger partial charge in [0.05, 0.1) is 4.92 Å². The van der Waals surface area contributed by atoms with Crippen molar-refractivity contribution in [2.75, 3.05) is 18.0 Å². The maximum Gasteiger partial charge on any atom is 0.330 e. The number of anilines is 1. The van der Waals surface area contributed by atoms with Crippen LogP contribution in [0, 0.1) is 16.0 Å². The molecule has 1 saturated heterocycles. The molecule has 0 saturated carbocycles. The Kier molecular flexibility index (Phi) is 3.01. The van der Waals surface area contributed by atoms with E-state index < -0.39 is 0 Å². The van der Waals surface area contributed by atoms with Crippen LogP contribution >= 0.6 is 0 Å². The minimum atomic E-state index is -0.387. The van der Waals surface area contributed by atoms with Gasteiger partial charge < -0.3 is 10.6 Å². The minimum Gasteiger partial charge on any atom is -0.349 e. The van der Waals surface area contributed by atoms with E-state index in [4.69, 9.17) is 5.73 Å². The topological polar surface area (TPSA) is 90.2 Å². The highest BCUT2D eigenvalue weighted by Crippen LogP contribution is 2.29. The van der Waals surface area contributed by atoms with Gasteiger partial charge >= 0.3 is 5.69 Å². The Hall–Kier alpha value is -1.63. The lowest BCUT2D eigenvalue weighted by Crippen LogP contribution is -2.46. The maximum atomic E-state index is 10.9. The van der Waals surface area contributed by atoms with E-state index in [9.17, 15) is 10.1 Å². The van der Waals surface area contributed by atoms with Crippen molar-refractivity contribution in [2.45, 2.75) is 19.4 Å². The molecule has 0 bridgehead atoms. The molecule has 2 rings (SSSR count). The molecule has 2 atom stereocenters. The zero-order chi connectivity index (χ0) is 12.6. The molecule has 2 N–H and O–H groups in total. The number of nitro groups is 1. The fourth-order valence-corrected chi connectivity index (χ4v) is 2.17. The van der Waals surface area contributed by atoms with Crippen LogP contribution in [0.1, 0.15) is 13.3 Å². The van der Waals surface area contributed by atoms with E-state index in [0.29, 0.717) is 11.7 Å². The number of hydrogen-bond donors (Lipinski definition) is 1. The average Bonchev–Trinajstić information content (AvgIpc) is 2.64. The van der Waals surface area contributed by atoms with E-state index in [0.717, 1.165) is 19.5 Å². The van der Waals surface area contributed by atoms with Crippen molar-refractivity contribution >= 4 is 11.5 Å². The zero-order valence-electron chi connectivity index (χ0n) is 10.0. The summed E-state index contributed by atoms with van der Waals surface area (Å²) in [5.41, 5.74) is 6.00. The van der Waals surface area contributed by atoms with Gasteiger partial charge in [0.15, 0.2) is 0 Å². The normalized spacial score (nSPS) is 25.0. The molecule has 0 aliphatic carbocycles. The van der Waals surface area contributed by atoms with Gasteiger partial charge in [0, 0.05) is 26.2 Å². The lowest BCUT2D eigenvalue weighted by Gasteiger charge is -2.34. The molecule has 0 amide bonds. The Balaban J connectivity index is 2.25. The summed E-state index contributed by atoms with van der Waals surface area (Å²) in [6.45, 7) is 3.51. The van der Waals surface area contributed by atoms with Gasteiger partial charge in [-0.2, -0.15) is 0 Å². The maximum absolute atomic E-state index is 10.9. The fourth-order valence-electron chi connectivity index (χ4n) is 2.17. The van der Waals surface area contributed by atoms with Crippen molar-refractivity contribution in [3.05, 3.63) is 16.3 Å². The molecule has 2 unspecified atom stereocenters. The summed E-state index contributed by atoms with van der Waals surface area (Å²) >= 11 is 0. The fraction of sp³-hybridized carbons (Fsp3) is 0.700. The van der Waals surface area contributed by atoms with Gasteiger partial charge in [-0.1, -0.05) is 6.92 Å². The van der Waals surface area contributed by atoms with E-state index in [1.165, 1.54) is 10.9 Å². The third-order valence-electron chi connectivity index (χ3n) is 3.26. The van der Waals surface area contributed by atoms with Crippen molar-refractivity contribution in [3.63, 3.8) is 0 Å². The number of nitrogens with zero attached hydrogens (tertiary/aromatic N) is 4. The first-order chi connectivity index (χ1) is 7.99. The molecule has 1 aromatic rings. The van der Waals surface area contributed by atoms with Crippen LogP contribution in [0.4, 0.5) is 11.5 Å². The van der Waals surface area contributed by atoms with E-state index >= 15 is 0 Å². The van der Waals surface area contributed by atoms with Gasteiger partial charge in [-0.15, -0.1) is 5.10 Å². The molecule has 7 nitrogen and oxygen atoms in total. The third kappa shape index (κ3) is 2.23. The predicted octanol–water partition coefficient (Wildman–Crippen LogP) is 0.502. The highest BCUT2D eigenvalue weighted by molar-refractivity contribution is 5.57. The van der Waals surface area contributed by atoms with E-state index in [2.05, 4.69) is 12.0 Å². The Bertz CT molecular complexity index is 430. The zero-order valence-corrected chi connectivity index (χ0v) is 10.0. The van der Waals surface area contributed by atoms with Crippen molar-refractivity contribution in [2.24, 2.45) is 18.7 Å². The quantitative estimate of drug-likeness (QED) is 0.599. The second-order valence-electron chi connectivity index (χ2n) is 4.64. The number of rotatable bonds is 2. The van der Waals surface area contributed by atoms with Gasteiger partial charge in [-0.3, -0.25) is 14.8 Å². The molecule has 0 radical (unpaired) electrons. The van der Waals surface area contributed by atoms with Crippen molar-refractivity contribution in [3.8, 4) is 0 Å². The highest BCUT2D eigenvalue weighted by atomic mass is 16.6. The second-order valence-corrected chi connectivity index (χ2v) is 4.64. The molecule has 0 aromatic carbocycles. The standard InChI is InChI=1S/C10H17N5O2/c1-7-5-14(4-3-8(7)11)10-9(15(16)17)6-13(2)12-10/h6-8H,3-5,11H2,1-2H3. The molecule has 17 heavy (non-hydrogen) atoms. The Morgan fingerprint density at radius 2 is 2.35 bits per heavy atom. The Morgan fingerprint density at radius 1 is 1.65 bits per heavy atom. The van der Waals surface area contributed by atoms with Crippen molar-refractivity contribution < 1.29 is 4.92 Å². The van der Waals surface area contributed by atoms with Crippen LogP contribution in [0.25, 0.3) is 0 Å². The summed E-state index contributed by atoms with van der Waals surface area (Å²) in [5, 5.41) is 15.1. The van der Waals surface area contributed by atoms with E-state index in [1.54, 1.807) is 7.05 Å². The molecule has 1 aromatic heterocycles. The SMILES string of the molecule is CC1CN(c2nn(C)cc2[N+](=O)[O-])CCC1N. The minimum absolute atomic E-state index is 0.0650. The summed E-state index contributed by atoms with van der Waals surface area (Å²) < 4.78 is 1.48. The molecular formula is C10H17N5O2. The molecule has 1 aliphatic heterocycles. The Labute approximate surface area is 99.3 Å². The van der Waals surface area contributed by atoms with Crippen LogP contribution < -0.4 is 10.6 Å². The highest BCUT2D eigenvalue weighted by Gasteiger charge is 2.30. The van der Waals surface area contributed by atoms with Crippen LogP contribution in [0.3, 0.4) is 0 Å². The van der Waals surface area contributed by atoms with Crippen LogP contribution in [0.5, 0.6) is 0 Å². The number of aromatic nitrogens is 2. The summed E-state index contributed by atoms with van der Waals surface area (Å²) in [7, 11) is 1.69. The largest absolute Gasteiger partial charge is 0.349 e. The molecule has 0 spiro atoms. The Morgan fingerprint density at radius 3 is 2.94 bits per heavy atom. The second kappa shape index (κ2) is 4.33. The molecule has 1 fully saturated rings. The van der Waals surface area contributed by atoms with Gasteiger partial charge in [0.2, 0.25) is 5.82 Å².